The molecule has 1 aliphatic rings. The summed E-state index contributed by atoms with van der Waals surface area (Å²) in [6.07, 6.45) is 9.32. The van der Waals surface area contributed by atoms with Crippen LogP contribution in [0.15, 0.2) is 30.9 Å². The first-order valence-corrected chi connectivity index (χ1v) is 7.08. The third-order valence-corrected chi connectivity index (χ3v) is 3.98. The van der Waals surface area contributed by atoms with Gasteiger partial charge in [-0.25, -0.2) is 4.98 Å². The molecule has 106 valence electrons. The normalized spacial score (nSPS) is 15.0. The first-order valence-electron chi connectivity index (χ1n) is 7.08. The predicted octanol–water partition coefficient (Wildman–Crippen LogP) is 2.19. The van der Waals surface area contributed by atoms with Gasteiger partial charge in [-0.15, -0.1) is 0 Å². The molecule has 1 aliphatic heterocycles. The molecule has 2 N–H and O–H groups in total. The van der Waals surface area contributed by atoms with E-state index in [1.165, 1.54) is 0 Å². The number of hydrogen-bond acceptors (Lipinski definition) is 3. The number of likely N-dealkylation sites (tertiary alicyclic amines) is 1. The van der Waals surface area contributed by atoms with Gasteiger partial charge in [0.05, 0.1) is 11.8 Å². The average Bonchev–Trinajstić information content (AvgIpc) is 3.25. The largest absolute Gasteiger partial charge is 0.346 e. The zero-order chi connectivity index (χ0) is 14.2. The Balaban J connectivity index is 1.78. The molecule has 0 spiro atoms. The Morgan fingerprint density at radius 3 is 2.81 bits per heavy atom. The van der Waals surface area contributed by atoms with E-state index in [9.17, 15) is 4.79 Å². The van der Waals surface area contributed by atoms with Crippen molar-refractivity contribution in [3.63, 3.8) is 0 Å². The van der Waals surface area contributed by atoms with Crippen LogP contribution in [-0.2, 0) is 0 Å². The summed E-state index contributed by atoms with van der Waals surface area (Å²) in [7, 11) is 0. The van der Waals surface area contributed by atoms with E-state index in [0.29, 0.717) is 5.56 Å². The van der Waals surface area contributed by atoms with E-state index in [2.05, 4.69) is 20.2 Å². The lowest BCUT2D eigenvalue weighted by molar-refractivity contribution is 0.0792. The first kappa shape index (κ1) is 12.1. The molecule has 0 aliphatic carbocycles. The SMILES string of the molecule is O=C(c1cnc2[nH]cc(-c3cn[nH]c3)c2c1)N1CCCC1. The van der Waals surface area contributed by atoms with Gasteiger partial charge in [-0.05, 0) is 18.9 Å². The van der Waals surface area contributed by atoms with E-state index >= 15 is 0 Å². The minimum absolute atomic E-state index is 0.0706. The Labute approximate surface area is 121 Å². The highest BCUT2D eigenvalue weighted by atomic mass is 16.2. The monoisotopic (exact) mass is 281 g/mol. The number of fused-ring (bicyclic) bond motifs is 1. The van der Waals surface area contributed by atoms with Crippen LogP contribution in [0.4, 0.5) is 0 Å². The molecule has 4 rings (SSSR count). The minimum atomic E-state index is 0.0706. The van der Waals surface area contributed by atoms with Gasteiger partial charge in [0, 0.05) is 48.2 Å². The summed E-state index contributed by atoms with van der Waals surface area (Å²) in [5, 5.41) is 7.72. The molecule has 6 nitrogen and oxygen atoms in total. The number of pyridine rings is 1. The number of nitrogens with zero attached hydrogens (tertiary/aromatic N) is 3. The molecule has 21 heavy (non-hydrogen) atoms. The van der Waals surface area contributed by atoms with Gasteiger partial charge in [0.15, 0.2) is 0 Å². The van der Waals surface area contributed by atoms with E-state index in [1.807, 2.05) is 23.4 Å². The highest BCUT2D eigenvalue weighted by Crippen LogP contribution is 2.27. The summed E-state index contributed by atoms with van der Waals surface area (Å²) >= 11 is 0. The van der Waals surface area contributed by atoms with Crippen molar-refractivity contribution in [3.8, 4) is 11.1 Å². The number of carbonyl (C=O) groups is 1. The summed E-state index contributed by atoms with van der Waals surface area (Å²) in [5.41, 5.74) is 3.41. The third-order valence-electron chi connectivity index (χ3n) is 3.98. The van der Waals surface area contributed by atoms with Crippen molar-refractivity contribution < 1.29 is 4.79 Å². The fourth-order valence-electron chi connectivity index (χ4n) is 2.86. The van der Waals surface area contributed by atoms with Gasteiger partial charge < -0.3 is 9.88 Å². The number of hydrogen-bond donors (Lipinski definition) is 2. The maximum absolute atomic E-state index is 12.5. The summed E-state index contributed by atoms with van der Waals surface area (Å²) < 4.78 is 0. The van der Waals surface area contributed by atoms with Gasteiger partial charge in [0.25, 0.3) is 5.91 Å². The van der Waals surface area contributed by atoms with Crippen LogP contribution in [0.3, 0.4) is 0 Å². The Morgan fingerprint density at radius 2 is 2.05 bits per heavy atom. The minimum Gasteiger partial charge on any atom is -0.346 e. The van der Waals surface area contributed by atoms with Crippen molar-refractivity contribution in [3.05, 3.63) is 36.4 Å². The molecular formula is C15H15N5O. The quantitative estimate of drug-likeness (QED) is 0.755. The maximum Gasteiger partial charge on any atom is 0.255 e. The topological polar surface area (TPSA) is 77.7 Å². The number of amides is 1. The number of rotatable bonds is 2. The number of nitrogens with one attached hydrogen (secondary N) is 2. The van der Waals surface area contributed by atoms with Crippen molar-refractivity contribution in [1.82, 2.24) is 25.1 Å². The van der Waals surface area contributed by atoms with Crippen LogP contribution >= 0.6 is 0 Å². The fourth-order valence-corrected chi connectivity index (χ4v) is 2.86. The lowest BCUT2D eigenvalue weighted by atomic mass is 10.1. The second-order valence-corrected chi connectivity index (χ2v) is 5.31. The lowest BCUT2D eigenvalue weighted by Crippen LogP contribution is -2.27. The number of aromatic amines is 2. The number of carbonyl (C=O) groups excluding carboxylic acids is 1. The standard InChI is InChI=1S/C15H15N5O/c21-15(20-3-1-2-4-20)10-5-12-13(11-7-18-19-8-11)9-17-14(12)16-6-10/h5-9H,1-4H2,(H,16,17)(H,18,19). The van der Waals surface area contributed by atoms with Crippen molar-refractivity contribution in [2.75, 3.05) is 13.1 Å². The molecule has 0 unspecified atom stereocenters. The van der Waals surface area contributed by atoms with Crippen molar-refractivity contribution >= 4 is 16.9 Å². The third kappa shape index (κ3) is 1.99. The van der Waals surface area contributed by atoms with E-state index in [4.69, 9.17) is 0 Å². The second-order valence-electron chi connectivity index (χ2n) is 5.31. The molecule has 3 aromatic rings. The molecule has 1 fully saturated rings. The van der Waals surface area contributed by atoms with Crippen LogP contribution in [0.2, 0.25) is 0 Å². The Bertz CT molecular complexity index is 784. The van der Waals surface area contributed by atoms with Crippen molar-refractivity contribution in [2.24, 2.45) is 0 Å². The highest BCUT2D eigenvalue weighted by molar-refractivity contribution is 6.01. The Hall–Kier alpha value is -2.63. The summed E-state index contributed by atoms with van der Waals surface area (Å²) in [6, 6.07) is 1.92. The van der Waals surface area contributed by atoms with Crippen LogP contribution in [0.1, 0.15) is 23.2 Å². The smallest absolute Gasteiger partial charge is 0.255 e. The average molecular weight is 281 g/mol. The van der Waals surface area contributed by atoms with Gasteiger partial charge in [0.2, 0.25) is 0 Å². The first-order chi connectivity index (χ1) is 10.3. The Kier molecular flexibility index (Phi) is 2.73. The van der Waals surface area contributed by atoms with Crippen LogP contribution in [0, 0.1) is 0 Å². The zero-order valence-corrected chi connectivity index (χ0v) is 11.5. The second kappa shape index (κ2) is 4.73. The van der Waals surface area contributed by atoms with Gasteiger partial charge in [0.1, 0.15) is 5.65 Å². The maximum atomic E-state index is 12.5. The van der Waals surface area contributed by atoms with Gasteiger partial charge in [-0.3, -0.25) is 9.89 Å². The van der Waals surface area contributed by atoms with Crippen LogP contribution in [0.25, 0.3) is 22.2 Å². The van der Waals surface area contributed by atoms with Crippen molar-refractivity contribution in [1.29, 1.82) is 0 Å². The molecule has 0 atom stereocenters. The number of aromatic nitrogens is 4. The van der Waals surface area contributed by atoms with Crippen molar-refractivity contribution in [2.45, 2.75) is 12.8 Å². The highest BCUT2D eigenvalue weighted by Gasteiger charge is 2.20. The lowest BCUT2D eigenvalue weighted by Gasteiger charge is -2.14. The van der Waals surface area contributed by atoms with Gasteiger partial charge in [-0.1, -0.05) is 0 Å². The molecule has 3 aromatic heterocycles. The van der Waals surface area contributed by atoms with Gasteiger partial charge in [-0.2, -0.15) is 5.10 Å². The zero-order valence-electron chi connectivity index (χ0n) is 11.5. The van der Waals surface area contributed by atoms with Crippen LogP contribution in [0.5, 0.6) is 0 Å². The molecule has 1 amide bonds. The van der Waals surface area contributed by atoms with E-state index < -0.39 is 0 Å². The molecule has 4 heterocycles. The fraction of sp³-hybridized carbons (Fsp3) is 0.267. The Morgan fingerprint density at radius 1 is 1.19 bits per heavy atom. The molecule has 0 bridgehead atoms. The number of H-pyrrole nitrogens is 2. The molecule has 1 saturated heterocycles. The van der Waals surface area contributed by atoms with Crippen LogP contribution in [-0.4, -0.2) is 44.1 Å². The van der Waals surface area contributed by atoms with E-state index in [-0.39, 0.29) is 5.91 Å². The van der Waals surface area contributed by atoms with E-state index in [1.54, 1.807) is 12.4 Å². The summed E-state index contributed by atoms with van der Waals surface area (Å²) in [4.78, 5) is 21.9. The van der Waals surface area contributed by atoms with Gasteiger partial charge >= 0.3 is 0 Å². The van der Waals surface area contributed by atoms with E-state index in [0.717, 1.165) is 48.1 Å². The molecule has 6 heteroatoms. The summed E-state index contributed by atoms with van der Waals surface area (Å²) in [5.74, 6) is 0.0706. The van der Waals surface area contributed by atoms with Crippen LogP contribution < -0.4 is 0 Å². The molecule has 0 radical (unpaired) electrons. The molecule has 0 saturated carbocycles. The predicted molar refractivity (Wildman–Crippen MR) is 78.8 cm³/mol. The molecular weight excluding hydrogens is 266 g/mol. The summed E-state index contributed by atoms with van der Waals surface area (Å²) in [6.45, 7) is 1.69. The molecule has 0 aromatic carbocycles.